The second kappa shape index (κ2) is 5.07. The largest absolute Gasteiger partial charge is 0.467 e. The average Bonchev–Trinajstić information content (AvgIpc) is 3.09. The summed E-state index contributed by atoms with van der Waals surface area (Å²) in [7, 11) is 0. The normalized spacial score (nSPS) is 18.5. The number of likely N-dealkylation sites (tertiary alicyclic amines) is 1. The number of halogens is 2. The third-order valence-corrected chi connectivity index (χ3v) is 3.56. The van der Waals surface area contributed by atoms with Crippen molar-refractivity contribution in [1.82, 2.24) is 4.90 Å². The predicted molar refractivity (Wildman–Crippen MR) is 68.1 cm³/mol. The lowest BCUT2D eigenvalue weighted by Crippen LogP contribution is -2.31. The fourth-order valence-corrected chi connectivity index (χ4v) is 2.63. The second-order valence-corrected chi connectivity index (χ2v) is 4.77. The summed E-state index contributed by atoms with van der Waals surface area (Å²) in [5, 5.41) is 0. The molecule has 1 saturated heterocycles. The summed E-state index contributed by atoms with van der Waals surface area (Å²) >= 11 is 0. The molecule has 20 heavy (non-hydrogen) atoms. The van der Waals surface area contributed by atoms with Crippen LogP contribution in [-0.2, 0) is 0 Å². The molecule has 2 heterocycles. The van der Waals surface area contributed by atoms with Crippen LogP contribution in [0.4, 0.5) is 8.78 Å². The molecule has 1 atom stereocenters. The van der Waals surface area contributed by atoms with Gasteiger partial charge in [0.2, 0.25) is 0 Å². The first-order valence-electron chi connectivity index (χ1n) is 6.47. The average molecular weight is 277 g/mol. The maximum Gasteiger partial charge on any atom is 0.260 e. The molecule has 0 radical (unpaired) electrons. The van der Waals surface area contributed by atoms with E-state index in [0.29, 0.717) is 12.3 Å². The minimum atomic E-state index is -0.833. The number of carbonyl (C=O) groups excluding carboxylic acids is 1. The zero-order valence-corrected chi connectivity index (χ0v) is 10.7. The highest BCUT2D eigenvalue weighted by Crippen LogP contribution is 2.34. The fraction of sp³-hybridized carbons (Fsp3) is 0.267. The van der Waals surface area contributed by atoms with Gasteiger partial charge in [0.1, 0.15) is 23.0 Å². The summed E-state index contributed by atoms with van der Waals surface area (Å²) < 4.78 is 32.7. The van der Waals surface area contributed by atoms with Crippen molar-refractivity contribution < 1.29 is 18.0 Å². The van der Waals surface area contributed by atoms with E-state index in [-0.39, 0.29) is 6.04 Å². The first kappa shape index (κ1) is 12.8. The maximum atomic E-state index is 13.7. The molecule has 0 unspecified atom stereocenters. The van der Waals surface area contributed by atoms with E-state index >= 15 is 0 Å². The highest BCUT2D eigenvalue weighted by atomic mass is 19.1. The SMILES string of the molecule is O=C(c1c(F)cccc1F)N1CCC[C@@H]1c1ccco1. The van der Waals surface area contributed by atoms with Gasteiger partial charge in [-0.25, -0.2) is 8.78 Å². The van der Waals surface area contributed by atoms with Gasteiger partial charge >= 0.3 is 0 Å². The molecule has 1 aliphatic rings. The van der Waals surface area contributed by atoms with Crippen molar-refractivity contribution in [3.8, 4) is 0 Å². The number of carbonyl (C=O) groups is 1. The Morgan fingerprint density at radius 2 is 1.95 bits per heavy atom. The highest BCUT2D eigenvalue weighted by Gasteiger charge is 2.34. The summed E-state index contributed by atoms with van der Waals surface area (Å²) in [6.07, 6.45) is 3.04. The number of nitrogens with zero attached hydrogens (tertiary/aromatic N) is 1. The minimum absolute atomic E-state index is 0.253. The fourth-order valence-electron chi connectivity index (χ4n) is 2.63. The van der Waals surface area contributed by atoms with Crippen LogP contribution < -0.4 is 0 Å². The van der Waals surface area contributed by atoms with Gasteiger partial charge < -0.3 is 9.32 Å². The van der Waals surface area contributed by atoms with E-state index in [2.05, 4.69) is 0 Å². The van der Waals surface area contributed by atoms with E-state index in [1.165, 1.54) is 17.2 Å². The van der Waals surface area contributed by atoms with E-state index in [0.717, 1.165) is 25.0 Å². The summed E-state index contributed by atoms with van der Waals surface area (Å²) in [4.78, 5) is 13.9. The number of rotatable bonds is 2. The lowest BCUT2D eigenvalue weighted by atomic mass is 10.1. The maximum absolute atomic E-state index is 13.7. The van der Waals surface area contributed by atoms with E-state index in [9.17, 15) is 13.6 Å². The zero-order valence-electron chi connectivity index (χ0n) is 10.7. The van der Waals surface area contributed by atoms with Crippen molar-refractivity contribution in [1.29, 1.82) is 0 Å². The van der Waals surface area contributed by atoms with Crippen LogP contribution in [0.25, 0.3) is 0 Å². The molecule has 5 heteroatoms. The third-order valence-electron chi connectivity index (χ3n) is 3.56. The first-order valence-corrected chi connectivity index (χ1v) is 6.47. The van der Waals surface area contributed by atoms with Gasteiger partial charge in [-0.3, -0.25) is 4.79 Å². The smallest absolute Gasteiger partial charge is 0.260 e. The van der Waals surface area contributed by atoms with Gasteiger partial charge in [0, 0.05) is 6.54 Å². The third kappa shape index (κ3) is 2.09. The molecule has 1 aliphatic heterocycles. The van der Waals surface area contributed by atoms with Crippen molar-refractivity contribution in [2.45, 2.75) is 18.9 Å². The quantitative estimate of drug-likeness (QED) is 0.841. The molecular weight excluding hydrogens is 264 g/mol. The van der Waals surface area contributed by atoms with E-state index < -0.39 is 23.1 Å². The number of hydrogen-bond donors (Lipinski definition) is 0. The molecule has 0 N–H and O–H groups in total. The van der Waals surface area contributed by atoms with Crippen molar-refractivity contribution in [3.63, 3.8) is 0 Å². The van der Waals surface area contributed by atoms with Gasteiger partial charge in [-0.2, -0.15) is 0 Å². The van der Waals surface area contributed by atoms with E-state index in [1.807, 2.05) is 0 Å². The zero-order chi connectivity index (χ0) is 14.1. The van der Waals surface area contributed by atoms with Gasteiger partial charge in [-0.05, 0) is 37.1 Å². The van der Waals surface area contributed by atoms with Crippen LogP contribution >= 0.6 is 0 Å². The van der Waals surface area contributed by atoms with Crippen LogP contribution in [0.15, 0.2) is 41.0 Å². The molecule has 1 aromatic carbocycles. The Hall–Kier alpha value is -2.17. The lowest BCUT2D eigenvalue weighted by Gasteiger charge is -2.23. The number of benzene rings is 1. The van der Waals surface area contributed by atoms with Crippen LogP contribution in [0.3, 0.4) is 0 Å². The Morgan fingerprint density at radius 1 is 1.20 bits per heavy atom. The minimum Gasteiger partial charge on any atom is -0.467 e. The Kier molecular flexibility index (Phi) is 3.26. The topological polar surface area (TPSA) is 33.5 Å². The molecule has 0 bridgehead atoms. The van der Waals surface area contributed by atoms with Crippen LogP contribution in [0.1, 0.15) is 35.0 Å². The van der Waals surface area contributed by atoms with Gasteiger partial charge in [0.25, 0.3) is 5.91 Å². The van der Waals surface area contributed by atoms with Crippen molar-refractivity contribution >= 4 is 5.91 Å². The summed E-state index contributed by atoms with van der Waals surface area (Å²) in [6, 6.07) is 6.68. The molecule has 0 saturated carbocycles. The first-order chi connectivity index (χ1) is 9.68. The summed E-state index contributed by atoms with van der Waals surface area (Å²) in [5.74, 6) is -1.65. The van der Waals surface area contributed by atoms with E-state index in [1.54, 1.807) is 12.1 Å². The highest BCUT2D eigenvalue weighted by molar-refractivity contribution is 5.95. The standard InChI is InChI=1S/C15H13F2NO2/c16-10-4-1-5-11(17)14(10)15(19)18-8-2-6-12(18)13-7-3-9-20-13/h1,3-5,7,9,12H,2,6,8H2/t12-/m1/s1. The molecule has 0 aliphatic carbocycles. The molecular formula is C15H13F2NO2. The lowest BCUT2D eigenvalue weighted by molar-refractivity contribution is 0.0710. The predicted octanol–water partition coefficient (Wildman–Crippen LogP) is 3.54. The monoisotopic (exact) mass is 277 g/mol. The van der Waals surface area contributed by atoms with Crippen molar-refractivity contribution in [3.05, 3.63) is 59.6 Å². The second-order valence-electron chi connectivity index (χ2n) is 4.77. The number of amides is 1. The van der Waals surface area contributed by atoms with Gasteiger partial charge in [-0.1, -0.05) is 6.07 Å². The Balaban J connectivity index is 1.94. The molecule has 1 amide bonds. The molecule has 104 valence electrons. The van der Waals surface area contributed by atoms with Crippen LogP contribution in [0, 0.1) is 11.6 Å². The van der Waals surface area contributed by atoms with Crippen LogP contribution in [0.2, 0.25) is 0 Å². The molecule has 3 nitrogen and oxygen atoms in total. The van der Waals surface area contributed by atoms with Crippen LogP contribution in [0.5, 0.6) is 0 Å². The summed E-state index contributed by atoms with van der Waals surface area (Å²) in [6.45, 7) is 0.470. The number of hydrogen-bond acceptors (Lipinski definition) is 2. The Bertz CT molecular complexity index is 605. The van der Waals surface area contributed by atoms with Gasteiger partial charge in [-0.15, -0.1) is 0 Å². The van der Waals surface area contributed by atoms with Gasteiger partial charge in [0.05, 0.1) is 12.3 Å². The van der Waals surface area contributed by atoms with E-state index in [4.69, 9.17) is 4.42 Å². The van der Waals surface area contributed by atoms with Gasteiger partial charge in [0.15, 0.2) is 0 Å². The Labute approximate surface area is 114 Å². The number of furan rings is 1. The Morgan fingerprint density at radius 3 is 2.60 bits per heavy atom. The summed E-state index contributed by atoms with van der Waals surface area (Å²) in [5.41, 5.74) is -0.494. The van der Waals surface area contributed by atoms with Crippen molar-refractivity contribution in [2.24, 2.45) is 0 Å². The van der Waals surface area contributed by atoms with Crippen molar-refractivity contribution in [2.75, 3.05) is 6.54 Å². The molecule has 0 spiro atoms. The molecule has 1 aromatic heterocycles. The molecule has 1 fully saturated rings. The van der Waals surface area contributed by atoms with Crippen LogP contribution in [-0.4, -0.2) is 17.4 Å². The molecule has 3 rings (SSSR count). The molecule has 2 aromatic rings.